The van der Waals surface area contributed by atoms with Gasteiger partial charge in [-0.2, -0.15) is 0 Å². The number of carboxylic acid groups (broad SMARTS) is 1. The minimum atomic E-state index is -0.875. The first-order valence-corrected chi connectivity index (χ1v) is 7.76. The van der Waals surface area contributed by atoms with E-state index in [1.165, 1.54) is 11.1 Å². The fourth-order valence-electron chi connectivity index (χ4n) is 2.85. The average molecular weight is 326 g/mol. The molecular weight excluding hydrogens is 308 g/mol. The number of hydrogen-bond acceptors (Lipinski definition) is 4. The quantitative estimate of drug-likeness (QED) is 0.934. The summed E-state index contributed by atoms with van der Waals surface area (Å²) < 4.78 is 5.77. The Hall–Kier alpha value is -2.89. The number of carboxylic acids is 1. The van der Waals surface area contributed by atoms with Gasteiger partial charge in [0.05, 0.1) is 5.92 Å². The van der Waals surface area contributed by atoms with Crippen molar-refractivity contribution in [3.8, 4) is 11.5 Å². The van der Waals surface area contributed by atoms with Gasteiger partial charge in [-0.15, -0.1) is 0 Å². The number of carbonyl (C=O) groups excluding carboxylic acids is 1. The van der Waals surface area contributed by atoms with Crippen molar-refractivity contribution in [3.63, 3.8) is 0 Å². The number of carbonyl (C=O) groups is 2. The van der Waals surface area contributed by atoms with Crippen LogP contribution in [0.3, 0.4) is 0 Å². The van der Waals surface area contributed by atoms with Crippen molar-refractivity contribution in [1.82, 2.24) is 9.88 Å². The molecule has 0 aliphatic carbocycles. The third-order valence-electron chi connectivity index (χ3n) is 4.16. The van der Waals surface area contributed by atoms with Gasteiger partial charge < -0.3 is 14.7 Å². The number of aromatic nitrogens is 1. The van der Waals surface area contributed by atoms with E-state index in [1.807, 2.05) is 25.1 Å². The van der Waals surface area contributed by atoms with Crippen molar-refractivity contribution >= 4 is 11.9 Å². The van der Waals surface area contributed by atoms with Crippen LogP contribution in [0.1, 0.15) is 17.4 Å². The van der Waals surface area contributed by atoms with E-state index in [1.54, 1.807) is 24.3 Å². The lowest BCUT2D eigenvalue weighted by molar-refractivity contribution is -0.142. The molecule has 6 heteroatoms. The van der Waals surface area contributed by atoms with Crippen molar-refractivity contribution in [3.05, 3.63) is 54.4 Å². The molecule has 6 nitrogen and oxygen atoms in total. The molecule has 0 saturated carbocycles. The topological polar surface area (TPSA) is 79.7 Å². The van der Waals surface area contributed by atoms with Crippen LogP contribution in [0.15, 0.2) is 48.7 Å². The third-order valence-corrected chi connectivity index (χ3v) is 4.16. The highest BCUT2D eigenvalue weighted by Gasteiger charge is 2.38. The van der Waals surface area contributed by atoms with Crippen molar-refractivity contribution in [2.75, 3.05) is 13.1 Å². The van der Waals surface area contributed by atoms with Crippen LogP contribution in [0.5, 0.6) is 11.5 Å². The number of ether oxygens (including phenoxy) is 1. The molecule has 2 heterocycles. The highest BCUT2D eigenvalue weighted by molar-refractivity contribution is 5.95. The summed E-state index contributed by atoms with van der Waals surface area (Å²) in [5.74, 6) is -0.848. The second-order valence-corrected chi connectivity index (χ2v) is 5.90. The molecule has 1 N–H and O–H groups in total. The number of rotatable bonds is 4. The summed E-state index contributed by atoms with van der Waals surface area (Å²) in [5.41, 5.74) is 0.194. The van der Waals surface area contributed by atoms with Crippen molar-refractivity contribution in [1.29, 1.82) is 0 Å². The summed E-state index contributed by atoms with van der Waals surface area (Å²) in [4.78, 5) is 29.7. The van der Waals surface area contributed by atoms with E-state index in [0.29, 0.717) is 18.0 Å². The van der Waals surface area contributed by atoms with Gasteiger partial charge in [-0.25, -0.2) is 4.98 Å². The fraction of sp³-hybridized carbons (Fsp3) is 0.278. The van der Waals surface area contributed by atoms with Crippen LogP contribution >= 0.6 is 0 Å². The zero-order valence-electron chi connectivity index (χ0n) is 13.3. The molecule has 1 amide bonds. The van der Waals surface area contributed by atoms with E-state index in [-0.39, 0.29) is 24.1 Å². The minimum Gasteiger partial charge on any atom is -0.481 e. The molecule has 124 valence electrons. The Labute approximate surface area is 139 Å². The maximum atomic E-state index is 12.8. The van der Waals surface area contributed by atoms with Crippen molar-refractivity contribution < 1.29 is 19.4 Å². The lowest BCUT2D eigenvalue weighted by atomic mass is 9.99. The van der Waals surface area contributed by atoms with Crippen LogP contribution < -0.4 is 4.74 Å². The van der Waals surface area contributed by atoms with Gasteiger partial charge in [0.2, 0.25) is 0 Å². The number of likely N-dealkylation sites (tertiary alicyclic amines) is 1. The van der Waals surface area contributed by atoms with Gasteiger partial charge in [-0.05, 0) is 30.2 Å². The Kier molecular flexibility index (Phi) is 4.46. The van der Waals surface area contributed by atoms with Gasteiger partial charge in [0, 0.05) is 19.3 Å². The van der Waals surface area contributed by atoms with Crippen LogP contribution in [-0.4, -0.2) is 40.0 Å². The van der Waals surface area contributed by atoms with E-state index in [9.17, 15) is 14.7 Å². The molecular formula is C18H18N2O4. The zero-order valence-corrected chi connectivity index (χ0v) is 13.3. The first kappa shape index (κ1) is 16.0. The smallest absolute Gasteiger partial charge is 0.308 e. The van der Waals surface area contributed by atoms with Gasteiger partial charge in [0.15, 0.2) is 11.4 Å². The second kappa shape index (κ2) is 6.70. The van der Waals surface area contributed by atoms with E-state index in [0.717, 1.165) is 0 Å². The largest absolute Gasteiger partial charge is 0.481 e. The van der Waals surface area contributed by atoms with Crippen LogP contribution in [-0.2, 0) is 4.79 Å². The number of nitrogens with zero attached hydrogens (tertiary/aromatic N) is 2. The van der Waals surface area contributed by atoms with E-state index in [2.05, 4.69) is 4.98 Å². The molecule has 1 aromatic carbocycles. The number of para-hydroxylation sites is 1. The maximum Gasteiger partial charge on any atom is 0.308 e. The van der Waals surface area contributed by atoms with Gasteiger partial charge in [0.25, 0.3) is 5.91 Å². The average Bonchev–Trinajstić information content (AvgIpc) is 2.98. The summed E-state index contributed by atoms with van der Waals surface area (Å²) in [6.07, 6.45) is 1.53. The number of pyridine rings is 1. The lowest BCUT2D eigenvalue weighted by Gasteiger charge is -2.17. The van der Waals surface area contributed by atoms with Crippen LogP contribution in [0, 0.1) is 11.8 Å². The molecule has 0 spiro atoms. The number of aliphatic carboxylic acids is 1. The zero-order chi connectivity index (χ0) is 17.1. The highest BCUT2D eigenvalue weighted by Crippen LogP contribution is 2.28. The van der Waals surface area contributed by atoms with E-state index >= 15 is 0 Å². The number of benzene rings is 1. The van der Waals surface area contributed by atoms with Crippen LogP contribution in [0.4, 0.5) is 0 Å². The maximum absolute atomic E-state index is 12.8. The Balaban J connectivity index is 1.82. The first-order valence-electron chi connectivity index (χ1n) is 7.76. The highest BCUT2D eigenvalue weighted by atomic mass is 16.5. The molecule has 1 aliphatic rings. The molecule has 0 unspecified atom stereocenters. The van der Waals surface area contributed by atoms with E-state index < -0.39 is 11.9 Å². The Bertz CT molecular complexity index is 748. The van der Waals surface area contributed by atoms with Crippen LogP contribution in [0.2, 0.25) is 0 Å². The summed E-state index contributed by atoms with van der Waals surface area (Å²) in [6.45, 7) is 2.43. The first-order chi connectivity index (χ1) is 11.6. The summed E-state index contributed by atoms with van der Waals surface area (Å²) in [5, 5.41) is 9.22. The fourth-order valence-corrected chi connectivity index (χ4v) is 2.85. The predicted molar refractivity (Wildman–Crippen MR) is 86.9 cm³/mol. The number of amides is 1. The number of hydrogen-bond donors (Lipinski definition) is 1. The van der Waals surface area contributed by atoms with Crippen molar-refractivity contribution in [2.45, 2.75) is 6.92 Å². The van der Waals surface area contributed by atoms with E-state index in [4.69, 9.17) is 4.74 Å². The molecule has 2 atom stereocenters. The molecule has 2 aromatic rings. The molecule has 0 bridgehead atoms. The molecule has 1 aromatic heterocycles. The van der Waals surface area contributed by atoms with Gasteiger partial charge in [-0.3, -0.25) is 9.59 Å². The van der Waals surface area contributed by atoms with Crippen LogP contribution in [0.25, 0.3) is 0 Å². The summed E-state index contributed by atoms with van der Waals surface area (Å²) in [6, 6.07) is 12.5. The predicted octanol–water partition coefficient (Wildman–Crippen LogP) is 2.67. The molecule has 1 saturated heterocycles. The second-order valence-electron chi connectivity index (χ2n) is 5.90. The SMILES string of the molecule is C[C@@H]1CN(C(=O)c2ncccc2Oc2ccccc2)C[C@H]1C(=O)O. The van der Waals surface area contributed by atoms with Gasteiger partial charge in [-0.1, -0.05) is 25.1 Å². The van der Waals surface area contributed by atoms with Gasteiger partial charge >= 0.3 is 5.97 Å². The van der Waals surface area contributed by atoms with Crippen molar-refractivity contribution in [2.24, 2.45) is 11.8 Å². The minimum absolute atomic E-state index is 0.0892. The monoisotopic (exact) mass is 326 g/mol. The molecule has 24 heavy (non-hydrogen) atoms. The Morgan fingerprint density at radius 2 is 1.92 bits per heavy atom. The van der Waals surface area contributed by atoms with Gasteiger partial charge in [0.1, 0.15) is 5.75 Å². The standard InChI is InChI=1S/C18H18N2O4/c1-12-10-20(11-14(12)18(22)23)17(21)16-15(8-5-9-19-16)24-13-6-3-2-4-7-13/h2-9,12,14H,10-11H2,1H3,(H,22,23)/t12-,14-/m1/s1. The normalized spacial score (nSPS) is 20.0. The summed E-state index contributed by atoms with van der Waals surface area (Å²) >= 11 is 0. The summed E-state index contributed by atoms with van der Waals surface area (Å²) in [7, 11) is 0. The Morgan fingerprint density at radius 3 is 2.58 bits per heavy atom. The lowest BCUT2D eigenvalue weighted by Crippen LogP contribution is -2.30. The Morgan fingerprint density at radius 1 is 1.17 bits per heavy atom. The molecule has 1 aliphatic heterocycles. The molecule has 3 rings (SSSR count). The molecule has 1 fully saturated rings. The third kappa shape index (κ3) is 3.22. The molecule has 0 radical (unpaired) electrons.